The highest BCUT2D eigenvalue weighted by molar-refractivity contribution is 6.03. The molecule has 1 heterocycles. The van der Waals surface area contributed by atoms with E-state index >= 15 is 0 Å². The van der Waals surface area contributed by atoms with E-state index in [-0.39, 0.29) is 5.91 Å². The Hall–Kier alpha value is -4.19. The molecule has 4 aromatic rings. The Morgan fingerprint density at radius 3 is 2.13 bits per heavy atom. The van der Waals surface area contributed by atoms with Gasteiger partial charge in [-0.3, -0.25) is 4.79 Å². The van der Waals surface area contributed by atoms with Crippen molar-refractivity contribution in [3.05, 3.63) is 102 Å². The first-order valence-corrected chi connectivity index (χ1v) is 9.46. The van der Waals surface area contributed by atoms with Crippen LogP contribution in [-0.4, -0.2) is 15.9 Å². The number of nitrogens with zero attached hydrogens (tertiary/aromatic N) is 2. The van der Waals surface area contributed by atoms with Gasteiger partial charge in [0.05, 0.1) is 5.56 Å². The third kappa shape index (κ3) is 4.80. The number of amides is 1. The van der Waals surface area contributed by atoms with Gasteiger partial charge in [-0.25, -0.2) is 9.97 Å². The van der Waals surface area contributed by atoms with Crippen molar-refractivity contribution >= 4 is 23.2 Å². The summed E-state index contributed by atoms with van der Waals surface area (Å²) in [5.41, 5.74) is 3.03. The normalized spacial score (nSPS) is 10.3. The summed E-state index contributed by atoms with van der Waals surface area (Å²) in [7, 11) is 0. The minimum atomic E-state index is -0.283. The molecule has 1 amide bonds. The van der Waals surface area contributed by atoms with E-state index < -0.39 is 0 Å². The monoisotopic (exact) mass is 396 g/mol. The van der Waals surface area contributed by atoms with Crippen LogP contribution in [0.25, 0.3) is 0 Å². The van der Waals surface area contributed by atoms with Crippen molar-refractivity contribution < 1.29 is 9.53 Å². The third-order valence-corrected chi connectivity index (χ3v) is 4.40. The number of hydrogen-bond donors (Lipinski definition) is 2. The van der Waals surface area contributed by atoms with Gasteiger partial charge in [0.15, 0.2) is 0 Å². The van der Waals surface area contributed by atoms with E-state index in [0.717, 1.165) is 17.0 Å². The lowest BCUT2D eigenvalue weighted by Gasteiger charge is -2.09. The number of carbonyl (C=O) groups excluding carboxylic acids is 1. The van der Waals surface area contributed by atoms with Gasteiger partial charge < -0.3 is 15.4 Å². The van der Waals surface area contributed by atoms with E-state index in [9.17, 15) is 4.79 Å². The lowest BCUT2D eigenvalue weighted by Crippen LogP contribution is -2.13. The Balaban J connectivity index is 1.37. The predicted molar refractivity (Wildman–Crippen MR) is 117 cm³/mol. The fourth-order valence-electron chi connectivity index (χ4n) is 2.78. The first-order valence-electron chi connectivity index (χ1n) is 9.46. The molecule has 0 spiro atoms. The minimum Gasteiger partial charge on any atom is -0.457 e. The maximum Gasteiger partial charge on any atom is 0.258 e. The van der Waals surface area contributed by atoms with Crippen molar-refractivity contribution in [2.45, 2.75) is 6.92 Å². The van der Waals surface area contributed by atoms with Gasteiger partial charge in [-0.1, -0.05) is 36.4 Å². The van der Waals surface area contributed by atoms with E-state index in [4.69, 9.17) is 4.74 Å². The van der Waals surface area contributed by atoms with Crippen LogP contribution in [0.1, 0.15) is 15.9 Å². The Morgan fingerprint density at radius 2 is 1.43 bits per heavy atom. The molecule has 0 atom stereocenters. The van der Waals surface area contributed by atoms with E-state index in [0.29, 0.717) is 22.9 Å². The highest BCUT2D eigenvalue weighted by Crippen LogP contribution is 2.23. The fourth-order valence-corrected chi connectivity index (χ4v) is 2.78. The number of para-hydroxylation sites is 2. The molecule has 0 unspecified atom stereocenters. The molecule has 0 radical (unpaired) electrons. The number of ether oxygens (including phenoxy) is 1. The zero-order valence-corrected chi connectivity index (χ0v) is 16.4. The molecule has 0 bridgehead atoms. The first-order chi connectivity index (χ1) is 14.7. The zero-order valence-electron chi connectivity index (χ0n) is 16.4. The number of anilines is 3. The number of aryl methyl sites for hydroxylation is 1. The maximum absolute atomic E-state index is 12.5. The van der Waals surface area contributed by atoms with Gasteiger partial charge in [0.25, 0.3) is 5.91 Å². The molecule has 0 aliphatic heterocycles. The molecule has 3 aromatic carbocycles. The molecule has 4 rings (SSSR count). The summed E-state index contributed by atoms with van der Waals surface area (Å²) < 4.78 is 5.75. The highest BCUT2D eigenvalue weighted by atomic mass is 16.5. The smallest absolute Gasteiger partial charge is 0.258 e. The second-order valence-corrected chi connectivity index (χ2v) is 6.63. The predicted octanol–water partition coefficient (Wildman–Crippen LogP) is 5.57. The highest BCUT2D eigenvalue weighted by Gasteiger charge is 2.09. The van der Waals surface area contributed by atoms with Crippen molar-refractivity contribution in [2.75, 3.05) is 10.6 Å². The topological polar surface area (TPSA) is 76.1 Å². The van der Waals surface area contributed by atoms with E-state index in [1.165, 1.54) is 12.4 Å². The largest absolute Gasteiger partial charge is 0.457 e. The van der Waals surface area contributed by atoms with Crippen LogP contribution in [-0.2, 0) is 0 Å². The minimum absolute atomic E-state index is 0.283. The van der Waals surface area contributed by atoms with Crippen LogP contribution in [0.4, 0.5) is 17.3 Å². The average molecular weight is 396 g/mol. The van der Waals surface area contributed by atoms with Crippen LogP contribution in [0.3, 0.4) is 0 Å². The van der Waals surface area contributed by atoms with Gasteiger partial charge in [0, 0.05) is 23.8 Å². The summed E-state index contributed by atoms with van der Waals surface area (Å²) in [6.07, 6.45) is 2.99. The Kier molecular flexibility index (Phi) is 5.66. The van der Waals surface area contributed by atoms with Crippen molar-refractivity contribution in [3.8, 4) is 11.5 Å². The van der Waals surface area contributed by atoms with Gasteiger partial charge in [0.1, 0.15) is 11.5 Å². The SMILES string of the molecule is Cc1ccccc1Nc1ncc(C(=O)Nc2ccc(Oc3ccccc3)cc2)cn1. The number of aromatic nitrogens is 2. The summed E-state index contributed by atoms with van der Waals surface area (Å²) >= 11 is 0. The lowest BCUT2D eigenvalue weighted by molar-refractivity contribution is 0.102. The summed E-state index contributed by atoms with van der Waals surface area (Å²) in [4.78, 5) is 20.9. The molecule has 0 aliphatic rings. The molecule has 30 heavy (non-hydrogen) atoms. The Bertz CT molecular complexity index is 1130. The number of benzene rings is 3. The number of hydrogen-bond acceptors (Lipinski definition) is 5. The molecule has 0 fully saturated rings. The maximum atomic E-state index is 12.5. The average Bonchev–Trinajstić information content (AvgIpc) is 2.78. The van der Waals surface area contributed by atoms with Crippen molar-refractivity contribution in [1.29, 1.82) is 0 Å². The van der Waals surface area contributed by atoms with Crippen LogP contribution in [0, 0.1) is 6.92 Å². The second kappa shape index (κ2) is 8.87. The summed E-state index contributed by atoms with van der Waals surface area (Å²) in [6.45, 7) is 2.00. The molecule has 0 aliphatic carbocycles. The van der Waals surface area contributed by atoms with Crippen molar-refractivity contribution in [2.24, 2.45) is 0 Å². The molecule has 148 valence electrons. The van der Waals surface area contributed by atoms with Gasteiger partial charge in [-0.15, -0.1) is 0 Å². The molecule has 2 N–H and O–H groups in total. The fraction of sp³-hybridized carbons (Fsp3) is 0.0417. The van der Waals surface area contributed by atoms with Gasteiger partial charge in [0.2, 0.25) is 5.95 Å². The summed E-state index contributed by atoms with van der Waals surface area (Å²) in [5, 5.41) is 5.98. The standard InChI is InChI=1S/C24H20N4O2/c1-17-7-5-6-10-22(17)28-24-25-15-18(16-26-24)23(29)27-19-11-13-21(14-12-19)30-20-8-3-2-4-9-20/h2-16H,1H3,(H,27,29)(H,25,26,28). The van der Waals surface area contributed by atoms with Crippen LogP contribution in [0.5, 0.6) is 11.5 Å². The van der Waals surface area contributed by atoms with Crippen molar-refractivity contribution in [1.82, 2.24) is 9.97 Å². The van der Waals surface area contributed by atoms with Crippen LogP contribution in [0.15, 0.2) is 91.3 Å². The lowest BCUT2D eigenvalue weighted by atomic mass is 10.2. The molecule has 0 saturated heterocycles. The van der Waals surface area contributed by atoms with Crippen LogP contribution >= 0.6 is 0 Å². The van der Waals surface area contributed by atoms with Crippen molar-refractivity contribution in [3.63, 3.8) is 0 Å². The third-order valence-electron chi connectivity index (χ3n) is 4.40. The first kappa shape index (κ1) is 19.1. The molecular formula is C24H20N4O2. The summed E-state index contributed by atoms with van der Waals surface area (Å²) in [6, 6.07) is 24.5. The molecule has 6 heteroatoms. The number of carbonyl (C=O) groups is 1. The molecule has 1 aromatic heterocycles. The molecule has 6 nitrogen and oxygen atoms in total. The Morgan fingerprint density at radius 1 is 0.800 bits per heavy atom. The van der Waals surface area contributed by atoms with E-state index in [2.05, 4.69) is 20.6 Å². The van der Waals surface area contributed by atoms with E-state index in [1.807, 2.05) is 61.5 Å². The summed E-state index contributed by atoms with van der Waals surface area (Å²) in [5.74, 6) is 1.59. The quantitative estimate of drug-likeness (QED) is 0.445. The number of rotatable bonds is 6. The van der Waals surface area contributed by atoms with Crippen LogP contribution < -0.4 is 15.4 Å². The van der Waals surface area contributed by atoms with E-state index in [1.54, 1.807) is 24.3 Å². The Labute approximate surface area is 174 Å². The zero-order chi connectivity index (χ0) is 20.8. The van der Waals surface area contributed by atoms with Gasteiger partial charge in [-0.05, 0) is 55.0 Å². The number of nitrogens with one attached hydrogen (secondary N) is 2. The van der Waals surface area contributed by atoms with Gasteiger partial charge in [-0.2, -0.15) is 0 Å². The molecule has 0 saturated carbocycles. The second-order valence-electron chi connectivity index (χ2n) is 6.63. The molecular weight excluding hydrogens is 376 g/mol. The van der Waals surface area contributed by atoms with Crippen LogP contribution in [0.2, 0.25) is 0 Å². The van der Waals surface area contributed by atoms with Gasteiger partial charge >= 0.3 is 0 Å².